The van der Waals surface area contributed by atoms with Gasteiger partial charge in [-0.3, -0.25) is 4.79 Å². The number of rotatable bonds is 5. The van der Waals surface area contributed by atoms with Crippen molar-refractivity contribution in [3.63, 3.8) is 0 Å². The number of carbonyl (C=O) groups is 1. The lowest BCUT2D eigenvalue weighted by Gasteiger charge is -2.10. The predicted octanol–water partition coefficient (Wildman–Crippen LogP) is 2.48. The number of allylic oxidation sites excluding steroid dienone is 1. The number of hydrogen-bond acceptors (Lipinski definition) is 5. The topological polar surface area (TPSA) is 75.9 Å². The molecule has 1 rings (SSSR count). The third-order valence-corrected chi connectivity index (χ3v) is 2.45. The van der Waals surface area contributed by atoms with E-state index >= 15 is 0 Å². The Balaban J connectivity index is 3.35. The molecule has 1 aromatic rings. The molecule has 0 aliphatic rings. The van der Waals surface area contributed by atoms with Gasteiger partial charge in [0.1, 0.15) is 0 Å². The van der Waals surface area contributed by atoms with Crippen molar-refractivity contribution in [2.24, 2.45) is 9.98 Å². The zero-order valence-corrected chi connectivity index (χ0v) is 9.71. The summed E-state index contributed by atoms with van der Waals surface area (Å²) in [6, 6.07) is 4.54. The van der Waals surface area contributed by atoms with Gasteiger partial charge in [0, 0.05) is 5.92 Å². The van der Waals surface area contributed by atoms with Crippen molar-refractivity contribution in [3.8, 4) is 0 Å². The summed E-state index contributed by atoms with van der Waals surface area (Å²) >= 11 is 0. The van der Waals surface area contributed by atoms with E-state index in [0.717, 1.165) is 0 Å². The van der Waals surface area contributed by atoms with Gasteiger partial charge < -0.3 is 0 Å². The molecule has 0 bridgehead atoms. The average Bonchev–Trinajstić information content (AvgIpc) is 2.38. The second-order valence-corrected chi connectivity index (χ2v) is 3.48. The Morgan fingerprint density at radius 3 is 2.56 bits per heavy atom. The van der Waals surface area contributed by atoms with Gasteiger partial charge in [-0.05, 0) is 23.8 Å². The lowest BCUT2D eigenvalue weighted by molar-refractivity contribution is -0.115. The fraction of sp³-hybridized carbons (Fsp3) is 0.154. The molecule has 0 spiro atoms. The fourth-order valence-electron chi connectivity index (χ4n) is 1.50. The third kappa shape index (κ3) is 2.95. The van der Waals surface area contributed by atoms with Gasteiger partial charge in [0.2, 0.25) is 12.2 Å². The van der Waals surface area contributed by atoms with Crippen LogP contribution >= 0.6 is 0 Å². The Bertz CT molecular complexity index is 580. The number of hydrogen-bond donors (Lipinski definition) is 0. The maximum Gasteiger partial charge on any atom is 0.240 e. The molecule has 5 nitrogen and oxygen atoms in total. The molecule has 0 amide bonds. The van der Waals surface area contributed by atoms with Crippen LogP contribution in [0.2, 0.25) is 0 Å². The van der Waals surface area contributed by atoms with E-state index in [0.29, 0.717) is 11.3 Å². The molecule has 1 atom stereocenters. The Hall–Kier alpha value is -2.61. The highest BCUT2D eigenvalue weighted by atomic mass is 16.1. The van der Waals surface area contributed by atoms with Gasteiger partial charge >= 0.3 is 0 Å². The second kappa shape index (κ2) is 6.21. The van der Waals surface area contributed by atoms with Crippen LogP contribution in [0.3, 0.4) is 0 Å². The first-order valence-electron chi connectivity index (χ1n) is 5.10. The molecule has 0 aromatic heterocycles. The lowest BCUT2D eigenvalue weighted by Crippen LogP contribution is -2.05. The van der Waals surface area contributed by atoms with Crippen LogP contribution in [0.25, 0.3) is 0 Å². The van der Waals surface area contributed by atoms with E-state index in [4.69, 9.17) is 0 Å². The first-order valence-corrected chi connectivity index (χ1v) is 5.10. The first-order chi connectivity index (χ1) is 8.63. The van der Waals surface area contributed by atoms with Crippen LogP contribution in [0, 0.1) is 0 Å². The quantitative estimate of drug-likeness (QED) is 0.452. The van der Waals surface area contributed by atoms with Gasteiger partial charge in [-0.25, -0.2) is 9.59 Å². The normalized spacial score (nSPS) is 10.7. The summed E-state index contributed by atoms with van der Waals surface area (Å²) < 4.78 is 0. The van der Waals surface area contributed by atoms with Crippen LogP contribution in [-0.4, -0.2) is 17.9 Å². The maximum atomic E-state index is 11.5. The molecule has 1 aromatic carbocycles. The highest BCUT2D eigenvalue weighted by Crippen LogP contribution is 2.31. The summed E-state index contributed by atoms with van der Waals surface area (Å²) in [4.78, 5) is 39.0. The molecule has 0 fully saturated rings. The summed E-state index contributed by atoms with van der Waals surface area (Å²) in [6.45, 7) is 5.07. The summed E-state index contributed by atoms with van der Waals surface area (Å²) in [7, 11) is 0. The Morgan fingerprint density at radius 2 is 2.00 bits per heavy atom. The molecule has 0 saturated heterocycles. The van der Waals surface area contributed by atoms with E-state index in [1.807, 2.05) is 0 Å². The Labute approximate surface area is 104 Å². The van der Waals surface area contributed by atoms with Crippen LogP contribution in [0.1, 0.15) is 18.4 Å². The molecule has 0 saturated carbocycles. The van der Waals surface area contributed by atoms with Crippen molar-refractivity contribution in [1.82, 2.24) is 0 Å². The summed E-state index contributed by atoms with van der Waals surface area (Å²) in [5.74, 6) is -0.673. The Kier molecular flexibility index (Phi) is 4.64. The maximum absolute atomic E-state index is 11.5. The zero-order valence-electron chi connectivity index (χ0n) is 9.71. The first kappa shape index (κ1) is 13.5. The van der Waals surface area contributed by atoms with Gasteiger partial charge in [0.05, 0.1) is 11.4 Å². The minimum absolute atomic E-state index is 0.191. The van der Waals surface area contributed by atoms with Gasteiger partial charge in [0.25, 0.3) is 0 Å². The molecule has 18 heavy (non-hydrogen) atoms. The van der Waals surface area contributed by atoms with Crippen LogP contribution in [0.15, 0.2) is 40.8 Å². The van der Waals surface area contributed by atoms with Crippen LogP contribution in [-0.2, 0) is 14.4 Å². The van der Waals surface area contributed by atoms with Gasteiger partial charge in [0.15, 0.2) is 5.78 Å². The number of benzene rings is 1. The van der Waals surface area contributed by atoms with Crippen molar-refractivity contribution < 1.29 is 14.4 Å². The van der Waals surface area contributed by atoms with Crippen molar-refractivity contribution in [2.45, 2.75) is 12.8 Å². The molecular formula is C13H10N2O3. The van der Waals surface area contributed by atoms with Crippen LogP contribution < -0.4 is 0 Å². The van der Waals surface area contributed by atoms with E-state index in [1.54, 1.807) is 13.0 Å². The Morgan fingerprint density at radius 1 is 1.33 bits per heavy atom. The van der Waals surface area contributed by atoms with Crippen LogP contribution in [0.4, 0.5) is 11.4 Å². The van der Waals surface area contributed by atoms with Crippen molar-refractivity contribution in [2.75, 3.05) is 0 Å². The minimum atomic E-state index is -0.483. The van der Waals surface area contributed by atoms with E-state index < -0.39 is 5.92 Å². The smallest absolute Gasteiger partial charge is 0.240 e. The van der Waals surface area contributed by atoms with Crippen molar-refractivity contribution in [1.29, 1.82) is 0 Å². The lowest BCUT2D eigenvalue weighted by atomic mass is 9.95. The molecule has 1 unspecified atom stereocenters. The SMILES string of the molecule is C=CC(=O)C(C)c1ccc(N=C=O)cc1N=C=O. The molecule has 0 aliphatic heterocycles. The van der Waals surface area contributed by atoms with Crippen molar-refractivity contribution >= 4 is 29.3 Å². The van der Waals surface area contributed by atoms with E-state index in [9.17, 15) is 14.4 Å². The molecule has 0 radical (unpaired) electrons. The summed E-state index contributed by atoms with van der Waals surface area (Å²) in [5.41, 5.74) is 1.11. The molecular weight excluding hydrogens is 232 g/mol. The highest BCUT2D eigenvalue weighted by molar-refractivity contribution is 5.95. The van der Waals surface area contributed by atoms with Gasteiger partial charge in [-0.15, -0.1) is 0 Å². The number of nitrogens with zero attached hydrogens (tertiary/aromatic N) is 2. The van der Waals surface area contributed by atoms with Gasteiger partial charge in [-0.1, -0.05) is 19.6 Å². The molecule has 5 heteroatoms. The minimum Gasteiger partial charge on any atom is -0.294 e. The summed E-state index contributed by atoms with van der Waals surface area (Å²) in [5, 5.41) is 0. The largest absolute Gasteiger partial charge is 0.294 e. The standard InChI is InChI=1S/C13H10N2O3/c1-3-13(18)9(2)11-5-4-10(14-7-16)6-12(11)15-8-17/h3-6,9H,1H2,2H3. The summed E-state index contributed by atoms with van der Waals surface area (Å²) in [6.07, 6.45) is 4.00. The monoisotopic (exact) mass is 242 g/mol. The number of isocyanates is 2. The molecule has 0 N–H and O–H groups in total. The van der Waals surface area contributed by atoms with Gasteiger partial charge in [-0.2, -0.15) is 9.98 Å². The third-order valence-electron chi connectivity index (χ3n) is 2.45. The van der Waals surface area contributed by atoms with Crippen LogP contribution in [0.5, 0.6) is 0 Å². The van der Waals surface area contributed by atoms with E-state index in [2.05, 4.69) is 16.6 Å². The van der Waals surface area contributed by atoms with E-state index in [1.165, 1.54) is 30.4 Å². The average molecular weight is 242 g/mol. The molecule has 90 valence electrons. The molecule has 0 heterocycles. The number of ketones is 1. The second-order valence-electron chi connectivity index (χ2n) is 3.48. The highest BCUT2D eigenvalue weighted by Gasteiger charge is 2.16. The number of aliphatic imine (C=N–C) groups is 2. The molecule has 0 aliphatic carbocycles. The fourth-order valence-corrected chi connectivity index (χ4v) is 1.50. The zero-order chi connectivity index (χ0) is 13.5. The number of carbonyl (C=O) groups excluding carboxylic acids is 3. The van der Waals surface area contributed by atoms with E-state index in [-0.39, 0.29) is 11.5 Å². The predicted molar refractivity (Wildman–Crippen MR) is 65.6 cm³/mol. The van der Waals surface area contributed by atoms with Crippen molar-refractivity contribution in [3.05, 3.63) is 36.4 Å².